The van der Waals surface area contributed by atoms with Gasteiger partial charge in [-0.25, -0.2) is 9.69 Å². The number of nitrogens with one attached hydrogen (secondary N) is 1. The Kier molecular flexibility index (Phi) is 6.31. The van der Waals surface area contributed by atoms with Gasteiger partial charge in [0, 0.05) is 27.7 Å². The van der Waals surface area contributed by atoms with Crippen molar-refractivity contribution in [3.63, 3.8) is 0 Å². The third-order valence-corrected chi connectivity index (χ3v) is 6.24. The van der Waals surface area contributed by atoms with Crippen molar-refractivity contribution in [3.8, 4) is 5.75 Å². The number of aryl methyl sites for hydroxylation is 1. The Balaban J connectivity index is 1.45. The van der Waals surface area contributed by atoms with E-state index in [-0.39, 0.29) is 5.57 Å². The van der Waals surface area contributed by atoms with Gasteiger partial charge in [-0.15, -0.1) is 0 Å². The van der Waals surface area contributed by atoms with Crippen LogP contribution in [0, 0.1) is 6.92 Å². The molecule has 180 valence electrons. The molecule has 0 saturated carbocycles. The number of hydrogen-bond donors (Lipinski definition) is 1. The van der Waals surface area contributed by atoms with Crippen LogP contribution in [0.2, 0.25) is 5.02 Å². The van der Waals surface area contributed by atoms with Crippen LogP contribution in [0.15, 0.2) is 84.6 Å². The molecule has 0 unspecified atom stereocenters. The molecule has 1 N–H and O–H groups in total. The third-order valence-electron chi connectivity index (χ3n) is 5.99. The minimum Gasteiger partial charge on any atom is -0.491 e. The highest BCUT2D eigenvalue weighted by Crippen LogP contribution is 2.27. The van der Waals surface area contributed by atoms with Crippen LogP contribution in [0.5, 0.6) is 5.75 Å². The number of benzene rings is 3. The maximum absolute atomic E-state index is 13.3. The number of barbiturate groups is 1. The zero-order chi connectivity index (χ0) is 25.2. The number of urea groups is 1. The predicted octanol–water partition coefficient (Wildman–Crippen LogP) is 5.35. The Morgan fingerprint density at radius 1 is 0.944 bits per heavy atom. The smallest absolute Gasteiger partial charge is 0.335 e. The monoisotopic (exact) mass is 499 g/mol. The molecular formula is C28H22ClN3O4. The molecule has 5 rings (SSSR count). The summed E-state index contributed by atoms with van der Waals surface area (Å²) in [4.78, 5) is 39.3. The van der Waals surface area contributed by atoms with Crippen molar-refractivity contribution in [1.29, 1.82) is 0 Å². The van der Waals surface area contributed by atoms with Gasteiger partial charge in [0.05, 0.1) is 12.2 Å². The van der Waals surface area contributed by atoms with Crippen molar-refractivity contribution in [2.45, 2.75) is 13.5 Å². The number of carbonyl (C=O) groups excluding carboxylic acids is 3. The molecule has 1 aliphatic heterocycles. The number of aromatic nitrogens is 1. The molecule has 0 spiro atoms. The van der Waals surface area contributed by atoms with Crippen LogP contribution in [0.1, 0.15) is 11.1 Å². The summed E-state index contributed by atoms with van der Waals surface area (Å²) in [5, 5.41) is 3.59. The molecule has 36 heavy (non-hydrogen) atoms. The van der Waals surface area contributed by atoms with Crippen molar-refractivity contribution in [1.82, 2.24) is 9.88 Å². The summed E-state index contributed by atoms with van der Waals surface area (Å²) < 4.78 is 7.98. The number of anilines is 1. The normalized spacial score (nSPS) is 15.0. The van der Waals surface area contributed by atoms with Crippen LogP contribution in [0.25, 0.3) is 17.0 Å². The van der Waals surface area contributed by atoms with E-state index in [4.69, 9.17) is 16.3 Å². The molecule has 7 nitrogen and oxygen atoms in total. The van der Waals surface area contributed by atoms with Gasteiger partial charge in [0.2, 0.25) is 0 Å². The zero-order valence-electron chi connectivity index (χ0n) is 19.4. The van der Waals surface area contributed by atoms with Gasteiger partial charge in [-0.1, -0.05) is 48.0 Å². The van der Waals surface area contributed by atoms with Gasteiger partial charge in [-0.3, -0.25) is 14.9 Å². The standard InChI is InChI=1S/C28H22ClN3O4/c1-18-6-2-5-9-25(18)36-15-14-31-17-19(22-7-3-4-8-24(22)31)16-23-26(33)30-28(35)32(27(23)34)21-12-10-20(29)11-13-21/h2-13,16-17H,14-15H2,1H3,(H,30,33,35). The Morgan fingerprint density at radius 3 is 2.44 bits per heavy atom. The van der Waals surface area contributed by atoms with E-state index in [1.54, 1.807) is 24.3 Å². The average Bonchev–Trinajstić information content (AvgIpc) is 3.21. The van der Waals surface area contributed by atoms with Crippen LogP contribution in [-0.4, -0.2) is 29.0 Å². The van der Waals surface area contributed by atoms with Gasteiger partial charge in [0.1, 0.15) is 17.9 Å². The molecular weight excluding hydrogens is 478 g/mol. The minimum atomic E-state index is -0.805. The van der Waals surface area contributed by atoms with Crippen molar-refractivity contribution in [2.24, 2.45) is 0 Å². The first-order valence-corrected chi connectivity index (χ1v) is 11.7. The molecule has 4 aromatic rings. The highest BCUT2D eigenvalue weighted by atomic mass is 35.5. The number of fused-ring (bicyclic) bond motifs is 1. The van der Waals surface area contributed by atoms with E-state index in [0.717, 1.165) is 27.1 Å². The van der Waals surface area contributed by atoms with E-state index in [0.29, 0.717) is 29.4 Å². The summed E-state index contributed by atoms with van der Waals surface area (Å²) in [6.07, 6.45) is 3.40. The number of para-hydroxylation sites is 2. The summed E-state index contributed by atoms with van der Waals surface area (Å²) >= 11 is 5.94. The minimum absolute atomic E-state index is 0.136. The van der Waals surface area contributed by atoms with Crippen LogP contribution >= 0.6 is 11.6 Å². The summed E-state index contributed by atoms with van der Waals surface area (Å²) in [6.45, 7) is 3.00. The Hall–Kier alpha value is -4.36. The lowest BCUT2D eigenvalue weighted by Crippen LogP contribution is -2.54. The zero-order valence-corrected chi connectivity index (χ0v) is 20.2. The maximum Gasteiger partial charge on any atom is 0.335 e. The highest BCUT2D eigenvalue weighted by molar-refractivity contribution is 6.39. The molecule has 0 radical (unpaired) electrons. The second-order valence-corrected chi connectivity index (χ2v) is 8.78. The SMILES string of the molecule is Cc1ccccc1OCCn1cc(C=C2C(=O)NC(=O)N(c3ccc(Cl)cc3)C2=O)c2ccccc21. The average molecular weight is 500 g/mol. The number of nitrogens with zero attached hydrogens (tertiary/aromatic N) is 2. The molecule has 1 fully saturated rings. The van der Waals surface area contributed by atoms with E-state index in [2.05, 4.69) is 5.32 Å². The molecule has 8 heteroatoms. The first kappa shape index (κ1) is 23.4. The fourth-order valence-corrected chi connectivity index (χ4v) is 4.31. The molecule has 1 aromatic heterocycles. The molecule has 1 saturated heterocycles. The van der Waals surface area contributed by atoms with E-state index < -0.39 is 17.8 Å². The van der Waals surface area contributed by atoms with Crippen molar-refractivity contribution < 1.29 is 19.1 Å². The molecule has 0 bridgehead atoms. The van der Waals surface area contributed by atoms with E-state index in [9.17, 15) is 14.4 Å². The fourth-order valence-electron chi connectivity index (χ4n) is 4.19. The lowest BCUT2D eigenvalue weighted by Gasteiger charge is -2.26. The van der Waals surface area contributed by atoms with Gasteiger partial charge in [0.25, 0.3) is 11.8 Å². The first-order chi connectivity index (χ1) is 17.4. The van der Waals surface area contributed by atoms with E-state index >= 15 is 0 Å². The predicted molar refractivity (Wildman–Crippen MR) is 139 cm³/mol. The second-order valence-electron chi connectivity index (χ2n) is 8.34. The molecule has 2 heterocycles. The molecule has 1 aliphatic rings. The van der Waals surface area contributed by atoms with Crippen LogP contribution in [0.4, 0.5) is 10.5 Å². The number of imide groups is 2. The van der Waals surface area contributed by atoms with Gasteiger partial charge in [-0.05, 0) is 55.0 Å². The van der Waals surface area contributed by atoms with Gasteiger partial charge in [0.15, 0.2) is 0 Å². The number of halogens is 1. The molecule has 4 amide bonds. The summed E-state index contributed by atoms with van der Waals surface area (Å²) in [5.74, 6) is -0.617. The number of carbonyl (C=O) groups is 3. The molecule has 3 aromatic carbocycles. The van der Waals surface area contributed by atoms with Crippen LogP contribution in [0.3, 0.4) is 0 Å². The third kappa shape index (κ3) is 4.48. The van der Waals surface area contributed by atoms with E-state index in [1.165, 1.54) is 6.08 Å². The Morgan fingerprint density at radius 2 is 1.67 bits per heavy atom. The number of ether oxygens (including phenoxy) is 1. The molecule has 0 aliphatic carbocycles. The highest BCUT2D eigenvalue weighted by Gasteiger charge is 2.37. The van der Waals surface area contributed by atoms with Crippen LogP contribution in [-0.2, 0) is 16.1 Å². The quantitative estimate of drug-likeness (QED) is 0.286. The Bertz CT molecular complexity index is 1520. The van der Waals surface area contributed by atoms with E-state index in [1.807, 2.05) is 66.2 Å². The lowest BCUT2D eigenvalue weighted by atomic mass is 10.1. The second kappa shape index (κ2) is 9.71. The maximum atomic E-state index is 13.3. The Labute approximate surface area is 212 Å². The summed E-state index contributed by atoms with van der Waals surface area (Å²) in [6, 6.07) is 21.0. The van der Waals surface area contributed by atoms with Crippen molar-refractivity contribution >= 4 is 52.1 Å². The van der Waals surface area contributed by atoms with Gasteiger partial charge < -0.3 is 9.30 Å². The lowest BCUT2D eigenvalue weighted by molar-refractivity contribution is -0.122. The number of rotatable bonds is 6. The van der Waals surface area contributed by atoms with Gasteiger partial charge >= 0.3 is 6.03 Å². The largest absolute Gasteiger partial charge is 0.491 e. The summed E-state index contributed by atoms with van der Waals surface area (Å²) in [7, 11) is 0. The van der Waals surface area contributed by atoms with Gasteiger partial charge in [-0.2, -0.15) is 0 Å². The van der Waals surface area contributed by atoms with Crippen molar-refractivity contribution in [2.75, 3.05) is 11.5 Å². The molecule has 0 atom stereocenters. The fraction of sp³-hybridized carbons (Fsp3) is 0.107. The topological polar surface area (TPSA) is 80.6 Å². The van der Waals surface area contributed by atoms with Crippen molar-refractivity contribution in [3.05, 3.63) is 101 Å². The van der Waals surface area contributed by atoms with Crippen LogP contribution < -0.4 is 15.0 Å². The summed E-state index contributed by atoms with van der Waals surface area (Å²) in [5.41, 5.74) is 2.86. The number of hydrogen-bond acceptors (Lipinski definition) is 4. The number of amides is 4. The first-order valence-electron chi connectivity index (χ1n) is 11.4.